The van der Waals surface area contributed by atoms with E-state index in [1.807, 2.05) is 42.6 Å². The SMILES string of the molecule is Cc1ccsc1/C=N\NC(=O)CSc1nc2ccccc2s1. The number of aromatic nitrogens is 1. The molecule has 0 saturated carbocycles. The van der Waals surface area contributed by atoms with Crippen LogP contribution in [-0.2, 0) is 4.79 Å². The van der Waals surface area contributed by atoms with Gasteiger partial charge in [0.15, 0.2) is 4.34 Å². The Morgan fingerprint density at radius 2 is 2.27 bits per heavy atom. The molecule has 0 fully saturated rings. The van der Waals surface area contributed by atoms with Gasteiger partial charge in [-0.15, -0.1) is 22.7 Å². The van der Waals surface area contributed by atoms with E-state index in [9.17, 15) is 4.79 Å². The second-order valence-corrected chi connectivity index (χ2v) is 7.70. The highest BCUT2D eigenvalue weighted by molar-refractivity contribution is 8.01. The van der Waals surface area contributed by atoms with Crippen LogP contribution < -0.4 is 5.43 Å². The van der Waals surface area contributed by atoms with Gasteiger partial charge in [0.05, 0.1) is 22.2 Å². The Labute approximate surface area is 140 Å². The molecule has 112 valence electrons. The average Bonchev–Trinajstić information content (AvgIpc) is 3.11. The standard InChI is InChI=1S/C15H13N3OS3/c1-10-6-7-20-13(10)8-16-18-14(19)9-21-15-17-11-4-2-3-5-12(11)22-15/h2-8H,9H2,1H3,(H,18,19)/b16-8-. The second-order valence-electron chi connectivity index (χ2n) is 4.50. The number of fused-ring (bicyclic) bond motifs is 1. The van der Waals surface area contributed by atoms with Crippen molar-refractivity contribution >= 4 is 56.8 Å². The summed E-state index contributed by atoms with van der Waals surface area (Å²) in [7, 11) is 0. The van der Waals surface area contributed by atoms with Crippen LogP contribution in [0, 0.1) is 6.92 Å². The van der Waals surface area contributed by atoms with Gasteiger partial charge in [-0.3, -0.25) is 4.79 Å². The van der Waals surface area contributed by atoms with Gasteiger partial charge in [-0.05, 0) is 36.1 Å². The molecule has 1 aromatic carbocycles. The summed E-state index contributed by atoms with van der Waals surface area (Å²) in [5, 5.41) is 5.99. The Balaban J connectivity index is 1.52. The molecule has 1 amide bonds. The van der Waals surface area contributed by atoms with E-state index in [0.717, 1.165) is 25.0 Å². The molecule has 3 aromatic rings. The number of thiazole rings is 1. The predicted octanol–water partition coefficient (Wildman–Crippen LogP) is 3.91. The van der Waals surface area contributed by atoms with Crippen LogP contribution in [0.4, 0.5) is 0 Å². The molecule has 2 heterocycles. The van der Waals surface area contributed by atoms with Gasteiger partial charge in [-0.25, -0.2) is 10.4 Å². The molecule has 0 aliphatic carbocycles. The number of hydrogen-bond donors (Lipinski definition) is 1. The monoisotopic (exact) mass is 347 g/mol. The highest BCUT2D eigenvalue weighted by atomic mass is 32.2. The van der Waals surface area contributed by atoms with Crippen LogP contribution in [0.2, 0.25) is 0 Å². The summed E-state index contributed by atoms with van der Waals surface area (Å²) >= 11 is 4.63. The van der Waals surface area contributed by atoms with Gasteiger partial charge in [-0.1, -0.05) is 23.9 Å². The summed E-state index contributed by atoms with van der Waals surface area (Å²) in [5.74, 6) is 0.176. The smallest absolute Gasteiger partial charge is 0.250 e. The molecule has 1 N–H and O–H groups in total. The molecular formula is C15H13N3OS3. The summed E-state index contributed by atoms with van der Waals surface area (Å²) in [6.07, 6.45) is 1.68. The maximum Gasteiger partial charge on any atom is 0.250 e. The first-order valence-corrected chi connectivity index (χ1v) is 9.25. The molecule has 4 nitrogen and oxygen atoms in total. The third kappa shape index (κ3) is 3.73. The highest BCUT2D eigenvalue weighted by Gasteiger charge is 2.07. The van der Waals surface area contributed by atoms with Crippen molar-refractivity contribution in [3.8, 4) is 0 Å². The number of amides is 1. The molecular weight excluding hydrogens is 334 g/mol. The summed E-state index contributed by atoms with van der Waals surface area (Å²) in [5.41, 5.74) is 4.68. The molecule has 0 saturated heterocycles. The number of para-hydroxylation sites is 1. The third-order valence-corrected chi connectivity index (χ3v) is 6.01. The van der Waals surface area contributed by atoms with E-state index in [1.165, 1.54) is 11.8 Å². The third-order valence-electron chi connectivity index (χ3n) is 2.87. The van der Waals surface area contributed by atoms with Crippen LogP contribution in [0.1, 0.15) is 10.4 Å². The van der Waals surface area contributed by atoms with Crippen molar-refractivity contribution < 1.29 is 4.79 Å². The van der Waals surface area contributed by atoms with Gasteiger partial charge in [0.1, 0.15) is 0 Å². The molecule has 0 unspecified atom stereocenters. The molecule has 22 heavy (non-hydrogen) atoms. The fraction of sp³-hybridized carbons (Fsp3) is 0.133. The lowest BCUT2D eigenvalue weighted by molar-refractivity contribution is -0.118. The fourth-order valence-corrected chi connectivity index (χ4v) is 4.40. The first-order valence-electron chi connectivity index (χ1n) is 6.57. The van der Waals surface area contributed by atoms with Crippen LogP contribution in [0.15, 0.2) is 45.2 Å². The lowest BCUT2D eigenvalue weighted by Crippen LogP contribution is -2.19. The van der Waals surface area contributed by atoms with Crippen LogP contribution in [-0.4, -0.2) is 22.9 Å². The van der Waals surface area contributed by atoms with Gasteiger partial charge in [0.25, 0.3) is 5.91 Å². The van der Waals surface area contributed by atoms with E-state index in [4.69, 9.17) is 0 Å². The highest BCUT2D eigenvalue weighted by Crippen LogP contribution is 2.28. The predicted molar refractivity (Wildman–Crippen MR) is 95.1 cm³/mol. The molecule has 0 bridgehead atoms. The Kier molecular flexibility index (Phi) is 4.87. The quantitative estimate of drug-likeness (QED) is 0.432. The van der Waals surface area contributed by atoms with Crippen molar-refractivity contribution in [2.24, 2.45) is 5.10 Å². The van der Waals surface area contributed by atoms with E-state index in [2.05, 4.69) is 15.5 Å². The van der Waals surface area contributed by atoms with Crippen molar-refractivity contribution in [2.75, 3.05) is 5.75 Å². The molecule has 7 heteroatoms. The summed E-state index contributed by atoms with van der Waals surface area (Å²) < 4.78 is 2.03. The van der Waals surface area contributed by atoms with Gasteiger partial charge < -0.3 is 0 Å². The fourth-order valence-electron chi connectivity index (χ4n) is 1.75. The largest absolute Gasteiger partial charge is 0.272 e. The van der Waals surface area contributed by atoms with E-state index in [0.29, 0.717) is 5.75 Å². The number of rotatable bonds is 5. The molecule has 0 atom stereocenters. The topological polar surface area (TPSA) is 54.4 Å². The molecule has 3 rings (SSSR count). The Bertz CT molecular complexity index is 789. The number of hydrazone groups is 1. The number of thioether (sulfide) groups is 1. The van der Waals surface area contributed by atoms with Gasteiger partial charge in [0, 0.05) is 4.88 Å². The van der Waals surface area contributed by atoms with Gasteiger partial charge in [0.2, 0.25) is 0 Å². The lowest BCUT2D eigenvalue weighted by atomic mass is 10.3. The first kappa shape index (κ1) is 15.2. The minimum Gasteiger partial charge on any atom is -0.272 e. The van der Waals surface area contributed by atoms with Crippen molar-refractivity contribution in [1.82, 2.24) is 10.4 Å². The number of nitrogens with one attached hydrogen (secondary N) is 1. The van der Waals surface area contributed by atoms with E-state index in [-0.39, 0.29) is 5.91 Å². The number of benzene rings is 1. The number of hydrogen-bond acceptors (Lipinski definition) is 6. The van der Waals surface area contributed by atoms with E-state index >= 15 is 0 Å². The minimum atomic E-state index is -0.130. The number of carbonyl (C=O) groups excluding carboxylic acids is 1. The van der Waals surface area contributed by atoms with Crippen molar-refractivity contribution in [3.05, 3.63) is 46.2 Å². The van der Waals surface area contributed by atoms with E-state index < -0.39 is 0 Å². The summed E-state index contributed by atoms with van der Waals surface area (Å²) in [6.45, 7) is 2.02. The van der Waals surface area contributed by atoms with Crippen molar-refractivity contribution in [3.63, 3.8) is 0 Å². The van der Waals surface area contributed by atoms with Gasteiger partial charge in [-0.2, -0.15) is 5.10 Å². The van der Waals surface area contributed by atoms with Crippen LogP contribution in [0.5, 0.6) is 0 Å². The molecule has 0 aliphatic heterocycles. The van der Waals surface area contributed by atoms with Crippen LogP contribution in [0.3, 0.4) is 0 Å². The number of carbonyl (C=O) groups is 1. The first-order chi connectivity index (χ1) is 10.7. The van der Waals surface area contributed by atoms with Crippen LogP contribution >= 0.6 is 34.4 Å². The summed E-state index contributed by atoms with van der Waals surface area (Å²) in [4.78, 5) is 17.3. The maximum atomic E-state index is 11.8. The maximum absolute atomic E-state index is 11.8. The zero-order valence-corrected chi connectivity index (χ0v) is 14.2. The molecule has 2 aromatic heterocycles. The zero-order valence-electron chi connectivity index (χ0n) is 11.8. The zero-order chi connectivity index (χ0) is 15.4. The average molecular weight is 347 g/mol. The number of nitrogens with zero attached hydrogens (tertiary/aromatic N) is 2. The molecule has 0 radical (unpaired) electrons. The van der Waals surface area contributed by atoms with Crippen molar-refractivity contribution in [1.29, 1.82) is 0 Å². The van der Waals surface area contributed by atoms with Crippen LogP contribution in [0.25, 0.3) is 10.2 Å². The number of aryl methyl sites for hydroxylation is 1. The number of thiophene rings is 1. The lowest BCUT2D eigenvalue weighted by Gasteiger charge is -1.97. The molecule has 0 aliphatic rings. The Hall–Kier alpha value is -1.70. The Morgan fingerprint density at radius 3 is 3.05 bits per heavy atom. The van der Waals surface area contributed by atoms with E-state index in [1.54, 1.807) is 28.9 Å². The second kappa shape index (κ2) is 7.04. The normalized spacial score (nSPS) is 11.3. The summed E-state index contributed by atoms with van der Waals surface area (Å²) in [6, 6.07) is 9.98. The van der Waals surface area contributed by atoms with Gasteiger partial charge >= 0.3 is 0 Å². The minimum absolute atomic E-state index is 0.130. The molecule has 0 spiro atoms. The Morgan fingerprint density at radius 1 is 1.41 bits per heavy atom. The van der Waals surface area contributed by atoms with Crippen molar-refractivity contribution in [2.45, 2.75) is 11.3 Å².